The normalized spacial score (nSPS) is 15.5. The fourth-order valence-corrected chi connectivity index (χ4v) is 3.52. The molecule has 1 aliphatic rings. The van der Waals surface area contributed by atoms with E-state index >= 15 is 0 Å². The average Bonchev–Trinajstić information content (AvgIpc) is 2.73. The molecule has 148 valence electrons. The molecular formula is C20H24N4O4. The van der Waals surface area contributed by atoms with Gasteiger partial charge in [-0.05, 0) is 18.2 Å². The van der Waals surface area contributed by atoms with E-state index in [0.29, 0.717) is 41.5 Å². The fraction of sp³-hybridized carbons (Fsp3) is 0.450. The number of fused-ring (bicyclic) bond motifs is 2. The summed E-state index contributed by atoms with van der Waals surface area (Å²) < 4.78 is 13.7. The van der Waals surface area contributed by atoms with Gasteiger partial charge in [0.2, 0.25) is 0 Å². The maximum atomic E-state index is 13.0. The zero-order valence-corrected chi connectivity index (χ0v) is 16.0. The highest BCUT2D eigenvalue weighted by Gasteiger charge is 2.12. The molecule has 3 aromatic rings. The second kappa shape index (κ2) is 8.22. The van der Waals surface area contributed by atoms with Crippen LogP contribution in [-0.4, -0.2) is 65.6 Å². The molecule has 0 bridgehead atoms. The Morgan fingerprint density at radius 2 is 1.57 bits per heavy atom. The Hall–Kier alpha value is -2.55. The number of nitrogens with zero attached hydrogens (tertiary/aromatic N) is 4. The summed E-state index contributed by atoms with van der Waals surface area (Å²) in [5.41, 5.74) is 0.921. The molecule has 1 aliphatic heterocycles. The molecule has 3 aromatic heterocycles. The first-order valence-corrected chi connectivity index (χ1v) is 9.50. The van der Waals surface area contributed by atoms with E-state index < -0.39 is 0 Å². The van der Waals surface area contributed by atoms with Crippen LogP contribution < -0.4 is 11.1 Å². The van der Waals surface area contributed by atoms with Crippen molar-refractivity contribution in [3.63, 3.8) is 0 Å². The summed E-state index contributed by atoms with van der Waals surface area (Å²) in [6.45, 7) is 5.53. The Morgan fingerprint density at radius 3 is 2.18 bits per heavy atom. The molecule has 0 radical (unpaired) electrons. The van der Waals surface area contributed by atoms with Gasteiger partial charge >= 0.3 is 0 Å². The van der Waals surface area contributed by atoms with Crippen molar-refractivity contribution in [3.8, 4) is 0 Å². The Kier molecular flexibility index (Phi) is 5.52. The lowest BCUT2D eigenvalue weighted by Gasteiger charge is -2.26. The summed E-state index contributed by atoms with van der Waals surface area (Å²) in [5.74, 6) is 0. The van der Waals surface area contributed by atoms with Gasteiger partial charge in [-0.25, -0.2) is 4.98 Å². The third-order valence-corrected chi connectivity index (χ3v) is 5.19. The summed E-state index contributed by atoms with van der Waals surface area (Å²) >= 11 is 0. The van der Waals surface area contributed by atoms with Crippen molar-refractivity contribution in [1.82, 2.24) is 19.0 Å². The number of rotatable bonds is 6. The van der Waals surface area contributed by atoms with Gasteiger partial charge in [0.1, 0.15) is 0 Å². The first kappa shape index (κ1) is 18.8. The van der Waals surface area contributed by atoms with Crippen molar-refractivity contribution >= 4 is 21.8 Å². The topological polar surface area (TPSA) is 78.6 Å². The smallest absolute Gasteiger partial charge is 0.260 e. The second-order valence-corrected chi connectivity index (χ2v) is 6.93. The first-order valence-electron chi connectivity index (χ1n) is 9.50. The molecule has 0 unspecified atom stereocenters. The Labute approximate surface area is 161 Å². The summed E-state index contributed by atoms with van der Waals surface area (Å²) in [4.78, 5) is 32.5. The van der Waals surface area contributed by atoms with E-state index in [1.807, 2.05) is 6.07 Å². The van der Waals surface area contributed by atoms with Gasteiger partial charge in [0.05, 0.1) is 41.6 Å². The number of morpholine rings is 1. The van der Waals surface area contributed by atoms with Gasteiger partial charge in [0, 0.05) is 52.2 Å². The molecule has 0 amide bonds. The lowest BCUT2D eigenvalue weighted by atomic mass is 10.2. The van der Waals surface area contributed by atoms with Crippen LogP contribution in [0, 0.1) is 0 Å². The average molecular weight is 384 g/mol. The minimum atomic E-state index is -0.160. The highest BCUT2D eigenvalue weighted by Crippen LogP contribution is 2.14. The molecule has 0 aliphatic carbocycles. The predicted octanol–water partition coefficient (Wildman–Crippen LogP) is 0.690. The third-order valence-electron chi connectivity index (χ3n) is 5.19. The van der Waals surface area contributed by atoms with Gasteiger partial charge in [0.25, 0.3) is 11.1 Å². The largest absolute Gasteiger partial charge is 0.383 e. The summed E-state index contributed by atoms with van der Waals surface area (Å²) in [6, 6.07) is 5.32. The number of methoxy groups -OCH3 is 1. The molecule has 0 aromatic carbocycles. The highest BCUT2D eigenvalue weighted by molar-refractivity contribution is 5.91. The Balaban J connectivity index is 1.69. The number of hydrogen-bond acceptors (Lipinski definition) is 6. The molecule has 1 fully saturated rings. The van der Waals surface area contributed by atoms with Crippen molar-refractivity contribution in [1.29, 1.82) is 0 Å². The van der Waals surface area contributed by atoms with Crippen LogP contribution in [0.1, 0.15) is 0 Å². The van der Waals surface area contributed by atoms with Crippen molar-refractivity contribution in [2.24, 2.45) is 0 Å². The zero-order chi connectivity index (χ0) is 19.5. The Morgan fingerprint density at radius 1 is 0.964 bits per heavy atom. The molecule has 0 spiro atoms. The molecule has 28 heavy (non-hydrogen) atoms. The molecule has 1 saturated heterocycles. The van der Waals surface area contributed by atoms with E-state index in [9.17, 15) is 9.59 Å². The van der Waals surface area contributed by atoms with E-state index in [1.54, 1.807) is 40.8 Å². The molecule has 8 heteroatoms. The predicted molar refractivity (Wildman–Crippen MR) is 107 cm³/mol. The monoisotopic (exact) mass is 384 g/mol. The molecule has 8 nitrogen and oxygen atoms in total. The zero-order valence-electron chi connectivity index (χ0n) is 16.0. The summed E-state index contributed by atoms with van der Waals surface area (Å²) in [7, 11) is 1.60. The molecular weight excluding hydrogens is 360 g/mol. The summed E-state index contributed by atoms with van der Waals surface area (Å²) in [5, 5.41) is 0.924. The van der Waals surface area contributed by atoms with Crippen LogP contribution in [0.3, 0.4) is 0 Å². The van der Waals surface area contributed by atoms with Gasteiger partial charge in [-0.2, -0.15) is 0 Å². The number of pyridine rings is 3. The highest BCUT2D eigenvalue weighted by atomic mass is 16.5. The van der Waals surface area contributed by atoms with Gasteiger partial charge < -0.3 is 18.6 Å². The van der Waals surface area contributed by atoms with Crippen molar-refractivity contribution in [3.05, 3.63) is 51.3 Å². The van der Waals surface area contributed by atoms with Gasteiger partial charge in [-0.1, -0.05) is 0 Å². The van der Waals surface area contributed by atoms with Crippen LogP contribution in [0.15, 0.2) is 40.2 Å². The van der Waals surface area contributed by atoms with Crippen LogP contribution in [0.5, 0.6) is 0 Å². The Bertz CT molecular complexity index is 1100. The van der Waals surface area contributed by atoms with E-state index in [2.05, 4.69) is 9.88 Å². The standard InChI is InChI=1S/C20H24N4O4/c1-27-11-10-24-5-3-18-16(20(24)26)14-15-17(21-18)2-4-23(19(15)25)7-6-22-8-12-28-13-9-22/h2-5,14H,6-13H2,1H3. The van der Waals surface area contributed by atoms with Crippen molar-refractivity contribution in [2.75, 3.05) is 46.6 Å². The van der Waals surface area contributed by atoms with E-state index in [1.165, 1.54) is 0 Å². The van der Waals surface area contributed by atoms with Crippen molar-refractivity contribution < 1.29 is 9.47 Å². The minimum absolute atomic E-state index is 0.119. The summed E-state index contributed by atoms with van der Waals surface area (Å²) in [6.07, 6.45) is 3.50. The number of aromatic nitrogens is 3. The van der Waals surface area contributed by atoms with Crippen LogP contribution in [-0.2, 0) is 22.6 Å². The first-order chi connectivity index (χ1) is 13.7. The van der Waals surface area contributed by atoms with Crippen molar-refractivity contribution in [2.45, 2.75) is 13.1 Å². The third kappa shape index (κ3) is 3.71. The molecule has 4 rings (SSSR count). The maximum Gasteiger partial charge on any atom is 0.260 e. The number of hydrogen-bond donors (Lipinski definition) is 0. The quantitative estimate of drug-likeness (QED) is 0.582. The van der Waals surface area contributed by atoms with Crippen LogP contribution in [0.25, 0.3) is 21.8 Å². The molecule has 0 N–H and O–H groups in total. The lowest BCUT2D eigenvalue weighted by Crippen LogP contribution is -2.39. The lowest BCUT2D eigenvalue weighted by molar-refractivity contribution is 0.0363. The fourth-order valence-electron chi connectivity index (χ4n) is 3.52. The second-order valence-electron chi connectivity index (χ2n) is 6.93. The van der Waals surface area contributed by atoms with E-state index in [0.717, 1.165) is 32.8 Å². The van der Waals surface area contributed by atoms with Gasteiger partial charge in [-0.3, -0.25) is 14.5 Å². The molecule has 0 atom stereocenters. The van der Waals surface area contributed by atoms with Gasteiger partial charge in [0.15, 0.2) is 0 Å². The molecule has 0 saturated carbocycles. The number of ether oxygens (including phenoxy) is 2. The van der Waals surface area contributed by atoms with Crippen LogP contribution >= 0.6 is 0 Å². The molecule has 4 heterocycles. The van der Waals surface area contributed by atoms with Crippen LogP contribution in [0.4, 0.5) is 0 Å². The van der Waals surface area contributed by atoms with E-state index in [-0.39, 0.29) is 11.1 Å². The minimum Gasteiger partial charge on any atom is -0.383 e. The van der Waals surface area contributed by atoms with Gasteiger partial charge in [-0.15, -0.1) is 0 Å². The van der Waals surface area contributed by atoms with E-state index in [4.69, 9.17) is 9.47 Å². The maximum absolute atomic E-state index is 13.0. The SMILES string of the molecule is COCCn1ccc2nc3ccn(CCN4CCOCC4)c(=O)c3cc2c1=O. The van der Waals surface area contributed by atoms with Crippen LogP contribution in [0.2, 0.25) is 0 Å².